The Morgan fingerprint density at radius 2 is 1.77 bits per heavy atom. The van der Waals surface area contributed by atoms with E-state index < -0.39 is 9.84 Å². The van der Waals surface area contributed by atoms with Crippen LogP contribution in [0.1, 0.15) is 5.56 Å². The van der Waals surface area contributed by atoms with E-state index in [1.165, 1.54) is 11.7 Å². The van der Waals surface area contributed by atoms with E-state index in [1.54, 1.807) is 0 Å². The van der Waals surface area contributed by atoms with Gasteiger partial charge in [-0.1, -0.05) is 29.7 Å². The van der Waals surface area contributed by atoms with Gasteiger partial charge in [0.25, 0.3) is 0 Å². The van der Waals surface area contributed by atoms with Gasteiger partial charge < -0.3 is 0 Å². The van der Waals surface area contributed by atoms with Crippen LogP contribution in [-0.4, -0.2) is 28.3 Å². The maximum atomic E-state index is 10.9. The fraction of sp³-hybridized carbons (Fsp3) is 0.333. The van der Waals surface area contributed by atoms with Crippen molar-refractivity contribution in [3.05, 3.63) is 29.8 Å². The lowest BCUT2D eigenvalue weighted by Crippen LogP contribution is -2.07. The average molecular weight is 196 g/mol. The lowest BCUT2D eigenvalue weighted by molar-refractivity contribution is 0.601. The highest BCUT2D eigenvalue weighted by Gasteiger charge is 2.01. The molecule has 13 heavy (non-hydrogen) atoms. The third-order valence-corrected chi connectivity index (χ3v) is 2.83. The quantitative estimate of drug-likeness (QED) is 0.612. The summed E-state index contributed by atoms with van der Waals surface area (Å²) < 4.78 is 21.7. The van der Waals surface area contributed by atoms with Crippen molar-refractivity contribution < 1.29 is 8.42 Å². The Bertz CT molecular complexity index is 367. The Balaban J connectivity index is 2.61. The summed E-state index contributed by atoms with van der Waals surface area (Å²) in [5.74, 6) is 0.232. The molecular weight excluding hydrogens is 183 g/mol. The normalized spacial score (nSPS) is 11.5. The van der Waals surface area contributed by atoms with Crippen molar-refractivity contribution in [3.8, 4) is 0 Å². The Kier molecular flexibility index (Phi) is 3.14. The third kappa shape index (κ3) is 4.13. The lowest BCUT2D eigenvalue weighted by Gasteiger charge is -2.00. The summed E-state index contributed by atoms with van der Waals surface area (Å²) in [6.07, 6.45) is 1.88. The van der Waals surface area contributed by atoms with Crippen molar-refractivity contribution in [3.63, 3.8) is 0 Å². The van der Waals surface area contributed by atoms with Crippen LogP contribution in [0.15, 0.2) is 24.3 Å². The van der Waals surface area contributed by atoms with Crippen molar-refractivity contribution in [2.45, 2.75) is 6.42 Å². The van der Waals surface area contributed by atoms with Crippen molar-refractivity contribution in [1.29, 1.82) is 0 Å². The Morgan fingerprint density at radius 3 is 2.23 bits per heavy atom. The van der Waals surface area contributed by atoms with Gasteiger partial charge in [-0.2, -0.15) is 0 Å². The number of aryl methyl sites for hydroxylation is 1. The molecule has 1 rings (SSSR count). The third-order valence-electron chi connectivity index (χ3n) is 1.88. The maximum absolute atomic E-state index is 10.9. The summed E-state index contributed by atoms with van der Waals surface area (Å²) in [7, 11) is -0.818. The number of hydrogen-bond donors (Lipinski definition) is 0. The minimum Gasteiger partial charge on any atom is -0.229 e. The predicted molar refractivity (Wildman–Crippen MR) is 58.0 cm³/mol. The Morgan fingerprint density at radius 1 is 1.23 bits per heavy atom. The zero-order valence-corrected chi connectivity index (χ0v) is 8.76. The molecule has 0 heterocycles. The monoisotopic (exact) mass is 196 g/mol. The van der Waals surface area contributed by atoms with Crippen LogP contribution in [0.3, 0.4) is 0 Å². The standard InChI is InChI=1S/C9H13BO2S/c1-13(11,12)7-6-8-2-4-9(10)5-3-8/h2-5H,6-7,10H2,1H3. The van der Waals surface area contributed by atoms with Crippen LogP contribution in [0.5, 0.6) is 0 Å². The van der Waals surface area contributed by atoms with Crippen LogP contribution in [-0.2, 0) is 16.3 Å². The second kappa shape index (κ2) is 3.96. The van der Waals surface area contributed by atoms with Crippen LogP contribution in [0, 0.1) is 0 Å². The smallest absolute Gasteiger partial charge is 0.147 e. The molecule has 0 N–H and O–H groups in total. The summed E-state index contributed by atoms with van der Waals surface area (Å²) in [5.41, 5.74) is 2.28. The molecular formula is C9H13BO2S. The molecule has 0 unspecified atom stereocenters. The van der Waals surface area contributed by atoms with Gasteiger partial charge in [-0.3, -0.25) is 0 Å². The molecule has 0 aliphatic carbocycles. The SMILES string of the molecule is Bc1ccc(CCS(C)(=O)=O)cc1. The molecule has 0 saturated heterocycles. The fourth-order valence-electron chi connectivity index (χ4n) is 1.06. The summed E-state index contributed by atoms with van der Waals surface area (Å²) in [5, 5.41) is 0. The van der Waals surface area contributed by atoms with Gasteiger partial charge in [0.1, 0.15) is 17.7 Å². The van der Waals surface area contributed by atoms with Crippen LogP contribution in [0.25, 0.3) is 0 Å². The van der Waals surface area contributed by atoms with Gasteiger partial charge in [-0.05, 0) is 12.0 Å². The lowest BCUT2D eigenvalue weighted by atomic mass is 9.95. The van der Waals surface area contributed by atoms with Crippen LogP contribution in [0.2, 0.25) is 0 Å². The summed E-state index contributed by atoms with van der Waals surface area (Å²) in [4.78, 5) is 0. The summed E-state index contributed by atoms with van der Waals surface area (Å²) in [6, 6.07) is 7.94. The summed E-state index contributed by atoms with van der Waals surface area (Å²) >= 11 is 0. The molecule has 0 spiro atoms. The molecule has 0 amide bonds. The molecule has 0 radical (unpaired) electrons. The average Bonchev–Trinajstić information content (AvgIpc) is 2.02. The molecule has 2 nitrogen and oxygen atoms in total. The number of hydrogen-bond acceptors (Lipinski definition) is 2. The highest BCUT2D eigenvalue weighted by molar-refractivity contribution is 7.90. The second-order valence-electron chi connectivity index (χ2n) is 3.37. The van der Waals surface area contributed by atoms with E-state index in [0.29, 0.717) is 6.42 Å². The molecule has 0 aliphatic heterocycles. The van der Waals surface area contributed by atoms with Gasteiger partial charge in [0.15, 0.2) is 0 Å². The zero-order chi connectivity index (χ0) is 9.90. The Hall–Kier alpha value is -0.765. The van der Waals surface area contributed by atoms with Gasteiger partial charge in [-0.15, -0.1) is 0 Å². The number of sulfone groups is 1. The molecule has 4 heteroatoms. The van der Waals surface area contributed by atoms with E-state index in [1.807, 2.05) is 32.1 Å². The second-order valence-corrected chi connectivity index (χ2v) is 5.63. The molecule has 0 fully saturated rings. The minimum absolute atomic E-state index is 0.232. The van der Waals surface area contributed by atoms with E-state index in [-0.39, 0.29) is 5.75 Å². The first-order chi connectivity index (χ1) is 5.97. The fourth-order valence-corrected chi connectivity index (χ4v) is 1.66. The predicted octanol–water partition coefficient (Wildman–Crippen LogP) is -0.468. The molecule has 0 aromatic heterocycles. The van der Waals surface area contributed by atoms with Gasteiger partial charge in [-0.25, -0.2) is 8.42 Å². The largest absolute Gasteiger partial charge is 0.229 e. The summed E-state index contributed by atoms with van der Waals surface area (Å²) in [6.45, 7) is 0. The van der Waals surface area contributed by atoms with Crippen molar-refractivity contribution in [2.24, 2.45) is 0 Å². The van der Waals surface area contributed by atoms with E-state index in [0.717, 1.165) is 5.56 Å². The topological polar surface area (TPSA) is 34.1 Å². The van der Waals surface area contributed by atoms with Crippen molar-refractivity contribution >= 4 is 23.1 Å². The first-order valence-corrected chi connectivity index (χ1v) is 6.27. The number of rotatable bonds is 3. The highest BCUT2D eigenvalue weighted by Crippen LogP contribution is 1.99. The van der Waals surface area contributed by atoms with Crippen molar-refractivity contribution in [1.82, 2.24) is 0 Å². The van der Waals surface area contributed by atoms with Gasteiger partial charge in [0.05, 0.1) is 5.75 Å². The van der Waals surface area contributed by atoms with Crippen LogP contribution >= 0.6 is 0 Å². The van der Waals surface area contributed by atoms with E-state index in [4.69, 9.17) is 0 Å². The number of benzene rings is 1. The van der Waals surface area contributed by atoms with Crippen LogP contribution < -0.4 is 5.46 Å². The molecule has 70 valence electrons. The van der Waals surface area contributed by atoms with Gasteiger partial charge in [0, 0.05) is 6.26 Å². The maximum Gasteiger partial charge on any atom is 0.147 e. The van der Waals surface area contributed by atoms with Crippen molar-refractivity contribution in [2.75, 3.05) is 12.0 Å². The molecule has 1 aromatic carbocycles. The van der Waals surface area contributed by atoms with E-state index in [2.05, 4.69) is 0 Å². The Labute approximate surface area is 80.3 Å². The first-order valence-electron chi connectivity index (χ1n) is 4.21. The molecule has 0 saturated carbocycles. The van der Waals surface area contributed by atoms with Crippen LogP contribution in [0.4, 0.5) is 0 Å². The minimum atomic E-state index is -2.83. The first kappa shape index (κ1) is 10.3. The van der Waals surface area contributed by atoms with Gasteiger partial charge >= 0.3 is 0 Å². The van der Waals surface area contributed by atoms with E-state index >= 15 is 0 Å². The molecule has 1 aromatic rings. The molecule has 0 atom stereocenters. The molecule has 0 aliphatic rings. The molecule has 0 bridgehead atoms. The highest BCUT2D eigenvalue weighted by atomic mass is 32.2. The van der Waals surface area contributed by atoms with Gasteiger partial charge in [0.2, 0.25) is 0 Å². The van der Waals surface area contributed by atoms with E-state index in [9.17, 15) is 8.42 Å². The zero-order valence-electron chi connectivity index (χ0n) is 7.95.